The molecule has 0 aliphatic rings. The number of hydrogen-bond acceptors (Lipinski definition) is 7. The highest BCUT2D eigenvalue weighted by Gasteiger charge is 2.20. The summed E-state index contributed by atoms with van der Waals surface area (Å²) < 4.78 is 16.8. The number of ether oxygens (including phenoxy) is 3. The van der Waals surface area contributed by atoms with E-state index in [0.717, 1.165) is 21.3 Å². The molecule has 172 valence electrons. The lowest BCUT2D eigenvalue weighted by Crippen LogP contribution is -2.39. The Morgan fingerprint density at radius 3 is 2.34 bits per heavy atom. The Morgan fingerprint density at radius 1 is 1.03 bits per heavy atom. The van der Waals surface area contributed by atoms with Crippen molar-refractivity contribution in [3.63, 3.8) is 0 Å². The molecule has 1 amide bonds. The first kappa shape index (κ1) is 23.8. The molecule has 0 aliphatic heterocycles. The summed E-state index contributed by atoms with van der Waals surface area (Å²) in [6.07, 6.45) is 1.47. The summed E-state index contributed by atoms with van der Waals surface area (Å²) in [5, 5.41) is 2.80. The number of aromatic nitrogens is 2. The number of carbonyl (C=O) groups is 1. The van der Waals surface area contributed by atoms with Crippen molar-refractivity contribution in [2.24, 2.45) is 11.8 Å². The lowest BCUT2D eigenvalue weighted by atomic mass is 10.1. The highest BCUT2D eigenvalue weighted by Crippen LogP contribution is 2.40. The third kappa shape index (κ3) is 5.48. The third-order valence-corrected chi connectivity index (χ3v) is 5.77. The Bertz CT molecular complexity index is 1050. The minimum Gasteiger partial charge on any atom is -0.493 e. The van der Waals surface area contributed by atoms with Gasteiger partial charge < -0.3 is 19.1 Å². The van der Waals surface area contributed by atoms with Crippen LogP contribution in [0.3, 0.4) is 0 Å². The van der Waals surface area contributed by atoms with Gasteiger partial charge in [0.2, 0.25) is 5.88 Å². The van der Waals surface area contributed by atoms with E-state index in [2.05, 4.69) is 37.7 Å². The Kier molecular flexibility index (Phi) is 7.90. The maximum Gasteiger partial charge on any atom is 0.260 e. The van der Waals surface area contributed by atoms with Crippen LogP contribution in [0.2, 0.25) is 0 Å². The normalized spacial score (nSPS) is 11.2. The van der Waals surface area contributed by atoms with Crippen molar-refractivity contribution in [1.82, 2.24) is 14.9 Å². The molecule has 0 atom stereocenters. The predicted octanol–water partition coefficient (Wildman–Crippen LogP) is 4.89. The van der Waals surface area contributed by atoms with Crippen LogP contribution in [0, 0.1) is 11.8 Å². The van der Waals surface area contributed by atoms with E-state index >= 15 is 0 Å². The van der Waals surface area contributed by atoms with Crippen molar-refractivity contribution in [2.75, 3.05) is 33.9 Å². The van der Waals surface area contributed by atoms with Crippen LogP contribution in [0.15, 0.2) is 29.9 Å². The first-order chi connectivity index (χ1) is 15.3. The molecular formula is C24H31N3O4S. The SMILES string of the molecule is COc1ccc(-c2csc3ncnc(OCC(=O)N(CC(C)C)CC(C)C)c23)cc1OC. The predicted molar refractivity (Wildman–Crippen MR) is 128 cm³/mol. The summed E-state index contributed by atoms with van der Waals surface area (Å²) in [5.41, 5.74) is 1.86. The van der Waals surface area contributed by atoms with Crippen LogP contribution < -0.4 is 14.2 Å². The van der Waals surface area contributed by atoms with E-state index in [9.17, 15) is 4.79 Å². The number of benzene rings is 1. The zero-order valence-corrected chi connectivity index (χ0v) is 20.4. The second-order valence-electron chi connectivity index (χ2n) is 8.45. The average molecular weight is 458 g/mol. The molecule has 8 heteroatoms. The molecule has 0 saturated carbocycles. The van der Waals surface area contributed by atoms with Crippen molar-refractivity contribution in [1.29, 1.82) is 0 Å². The molecule has 32 heavy (non-hydrogen) atoms. The largest absolute Gasteiger partial charge is 0.493 e. The van der Waals surface area contributed by atoms with E-state index in [0.29, 0.717) is 42.3 Å². The fraction of sp³-hybridized carbons (Fsp3) is 0.458. The third-order valence-electron chi connectivity index (χ3n) is 4.89. The first-order valence-electron chi connectivity index (χ1n) is 10.7. The van der Waals surface area contributed by atoms with Gasteiger partial charge in [-0.1, -0.05) is 33.8 Å². The summed E-state index contributed by atoms with van der Waals surface area (Å²) in [7, 11) is 3.22. The van der Waals surface area contributed by atoms with Gasteiger partial charge in [-0.25, -0.2) is 9.97 Å². The zero-order chi connectivity index (χ0) is 23.3. The molecule has 0 unspecified atom stereocenters. The molecule has 1 aromatic carbocycles. The molecule has 0 N–H and O–H groups in total. The second-order valence-corrected chi connectivity index (χ2v) is 9.31. The van der Waals surface area contributed by atoms with Gasteiger partial charge in [0.25, 0.3) is 5.91 Å². The van der Waals surface area contributed by atoms with Crippen molar-refractivity contribution in [3.05, 3.63) is 29.9 Å². The van der Waals surface area contributed by atoms with E-state index in [1.807, 2.05) is 28.5 Å². The van der Waals surface area contributed by atoms with Gasteiger partial charge in [-0.05, 0) is 29.5 Å². The summed E-state index contributed by atoms with van der Waals surface area (Å²) in [6, 6.07) is 5.73. The highest BCUT2D eigenvalue weighted by molar-refractivity contribution is 7.17. The number of amides is 1. The van der Waals surface area contributed by atoms with Gasteiger partial charge in [-0.15, -0.1) is 11.3 Å². The summed E-state index contributed by atoms with van der Waals surface area (Å²) in [6.45, 7) is 9.77. The fourth-order valence-electron chi connectivity index (χ4n) is 3.55. The van der Waals surface area contributed by atoms with Crippen LogP contribution in [0.25, 0.3) is 21.3 Å². The lowest BCUT2D eigenvalue weighted by Gasteiger charge is -2.26. The molecule has 0 saturated heterocycles. The number of carbonyl (C=O) groups excluding carboxylic acids is 1. The lowest BCUT2D eigenvalue weighted by molar-refractivity contribution is -0.134. The van der Waals surface area contributed by atoms with Gasteiger partial charge in [0.1, 0.15) is 11.2 Å². The van der Waals surface area contributed by atoms with E-state index < -0.39 is 0 Å². The quantitative estimate of drug-likeness (QED) is 0.431. The zero-order valence-electron chi connectivity index (χ0n) is 19.5. The average Bonchev–Trinajstić information content (AvgIpc) is 3.20. The van der Waals surface area contributed by atoms with Crippen LogP contribution in [0.5, 0.6) is 17.4 Å². The van der Waals surface area contributed by atoms with Crippen LogP contribution in [0.4, 0.5) is 0 Å². The second kappa shape index (κ2) is 10.6. The van der Waals surface area contributed by atoms with Gasteiger partial charge in [0.05, 0.1) is 19.6 Å². The molecule has 0 aliphatic carbocycles. The van der Waals surface area contributed by atoms with Crippen LogP contribution in [-0.2, 0) is 4.79 Å². The van der Waals surface area contributed by atoms with Gasteiger partial charge in [0.15, 0.2) is 18.1 Å². The molecule has 7 nitrogen and oxygen atoms in total. The van der Waals surface area contributed by atoms with Gasteiger partial charge in [-0.3, -0.25) is 4.79 Å². The Labute approximate surface area is 193 Å². The van der Waals surface area contributed by atoms with Crippen molar-refractivity contribution >= 4 is 27.5 Å². The van der Waals surface area contributed by atoms with Crippen molar-refractivity contribution in [2.45, 2.75) is 27.7 Å². The summed E-state index contributed by atoms with van der Waals surface area (Å²) in [4.78, 5) is 24.3. The highest BCUT2D eigenvalue weighted by atomic mass is 32.1. The maximum absolute atomic E-state index is 12.9. The topological polar surface area (TPSA) is 73.8 Å². The van der Waals surface area contributed by atoms with Crippen LogP contribution >= 0.6 is 11.3 Å². The molecular weight excluding hydrogens is 426 g/mol. The number of rotatable bonds is 10. The first-order valence-corrected chi connectivity index (χ1v) is 11.6. The van der Waals surface area contributed by atoms with Gasteiger partial charge in [0, 0.05) is 24.0 Å². The Balaban J connectivity index is 1.89. The van der Waals surface area contributed by atoms with E-state index in [1.165, 1.54) is 17.7 Å². The molecule has 0 radical (unpaired) electrons. The number of fused-ring (bicyclic) bond motifs is 1. The standard InChI is InChI=1S/C24H31N3O4S/c1-15(2)10-27(11-16(3)4)21(28)12-31-23-22-18(13-32-24(22)26-14-25-23)17-7-8-19(29-5)20(9-17)30-6/h7-9,13-16H,10-12H2,1-6H3. The van der Waals surface area contributed by atoms with E-state index in [1.54, 1.807) is 14.2 Å². The van der Waals surface area contributed by atoms with Gasteiger partial charge in [-0.2, -0.15) is 0 Å². The van der Waals surface area contributed by atoms with Crippen molar-refractivity contribution < 1.29 is 19.0 Å². The molecule has 0 bridgehead atoms. The van der Waals surface area contributed by atoms with E-state index in [4.69, 9.17) is 14.2 Å². The molecule has 0 spiro atoms. The minimum atomic E-state index is -0.0627. The number of nitrogens with zero attached hydrogens (tertiary/aromatic N) is 3. The molecule has 3 rings (SSSR count). The number of thiophene rings is 1. The molecule has 3 aromatic rings. The monoisotopic (exact) mass is 457 g/mol. The summed E-state index contributed by atoms with van der Waals surface area (Å²) >= 11 is 1.51. The van der Waals surface area contributed by atoms with Crippen LogP contribution in [0.1, 0.15) is 27.7 Å². The summed E-state index contributed by atoms with van der Waals surface area (Å²) in [5.74, 6) is 2.43. The number of hydrogen-bond donors (Lipinski definition) is 0. The Morgan fingerprint density at radius 2 is 1.72 bits per heavy atom. The minimum absolute atomic E-state index is 0.0398. The van der Waals surface area contributed by atoms with Gasteiger partial charge >= 0.3 is 0 Å². The van der Waals surface area contributed by atoms with E-state index in [-0.39, 0.29) is 12.5 Å². The molecule has 2 aromatic heterocycles. The molecule has 2 heterocycles. The van der Waals surface area contributed by atoms with Crippen LogP contribution in [-0.4, -0.2) is 54.7 Å². The fourth-order valence-corrected chi connectivity index (χ4v) is 4.46. The maximum atomic E-state index is 12.9. The smallest absolute Gasteiger partial charge is 0.260 e. The van der Waals surface area contributed by atoms with Crippen molar-refractivity contribution in [3.8, 4) is 28.5 Å². The Hall–Kier alpha value is -2.87. The molecule has 0 fully saturated rings. The number of methoxy groups -OCH3 is 2.